The van der Waals surface area contributed by atoms with Gasteiger partial charge in [0, 0.05) is 25.1 Å². The molecule has 7 heteroatoms. The van der Waals surface area contributed by atoms with E-state index in [0.717, 1.165) is 0 Å². The third-order valence-corrected chi connectivity index (χ3v) is 2.65. The second-order valence-electron chi connectivity index (χ2n) is 3.82. The molecule has 20 heavy (non-hydrogen) atoms. The summed E-state index contributed by atoms with van der Waals surface area (Å²) in [4.78, 5) is 10.7. The molecule has 0 aliphatic heterocycles. The molecule has 5 nitrogen and oxygen atoms in total. The van der Waals surface area contributed by atoms with Gasteiger partial charge in [-0.1, -0.05) is 17.7 Å². The summed E-state index contributed by atoms with van der Waals surface area (Å²) >= 11 is 5.90. The number of hydrogen-bond acceptors (Lipinski definition) is 4. The zero-order valence-electron chi connectivity index (χ0n) is 10.2. The molecule has 0 unspecified atom stereocenters. The van der Waals surface area contributed by atoms with Crippen LogP contribution in [0.1, 0.15) is 12.0 Å². The number of ether oxygens (including phenoxy) is 1. The molecular formula is C13H10ClFN3O2. The van der Waals surface area contributed by atoms with Gasteiger partial charge in [-0.3, -0.25) is 4.79 Å². The fourth-order valence-electron chi connectivity index (χ4n) is 1.46. The molecule has 0 spiro atoms. The number of amides is 1. The first-order valence-electron chi connectivity index (χ1n) is 5.63. The summed E-state index contributed by atoms with van der Waals surface area (Å²) in [5.74, 6) is -1.31. The summed E-state index contributed by atoms with van der Waals surface area (Å²) in [6.45, 7) is 0. The predicted octanol–water partition coefficient (Wildman–Crippen LogP) is 2.49. The topological polar surface area (TPSA) is 78.1 Å². The van der Waals surface area contributed by atoms with Crippen LogP contribution in [0.2, 0.25) is 5.02 Å². The van der Waals surface area contributed by atoms with Crippen LogP contribution in [0.4, 0.5) is 4.39 Å². The number of benzene rings is 1. The van der Waals surface area contributed by atoms with Crippen molar-refractivity contribution >= 4 is 17.5 Å². The van der Waals surface area contributed by atoms with E-state index in [-0.39, 0.29) is 28.6 Å². The van der Waals surface area contributed by atoms with E-state index in [4.69, 9.17) is 22.1 Å². The van der Waals surface area contributed by atoms with Gasteiger partial charge >= 0.3 is 0 Å². The molecule has 1 amide bonds. The fourth-order valence-corrected chi connectivity index (χ4v) is 1.64. The van der Waals surface area contributed by atoms with E-state index in [1.165, 1.54) is 30.8 Å². The van der Waals surface area contributed by atoms with E-state index >= 15 is 0 Å². The largest absolute Gasteiger partial charge is 0.433 e. The van der Waals surface area contributed by atoms with Crippen molar-refractivity contribution in [3.8, 4) is 11.6 Å². The number of carbonyl (C=O) groups excluding carboxylic acids is 1. The van der Waals surface area contributed by atoms with Gasteiger partial charge in [-0.05, 0) is 17.7 Å². The highest BCUT2D eigenvalue weighted by Crippen LogP contribution is 2.33. The SMILES string of the molecule is NC(=O)C[CH]c1ccc(Cl)c(Oc2cccnn2)c1F. The number of carbonyl (C=O) groups is 1. The van der Waals surface area contributed by atoms with Gasteiger partial charge in [0.15, 0.2) is 11.6 Å². The second-order valence-corrected chi connectivity index (χ2v) is 4.23. The maximum Gasteiger partial charge on any atom is 0.239 e. The Morgan fingerprint density at radius 2 is 2.25 bits per heavy atom. The summed E-state index contributed by atoms with van der Waals surface area (Å²) < 4.78 is 19.5. The number of nitrogens with zero attached hydrogens (tertiary/aromatic N) is 2. The van der Waals surface area contributed by atoms with Crippen molar-refractivity contribution in [1.29, 1.82) is 0 Å². The van der Waals surface area contributed by atoms with E-state index in [2.05, 4.69) is 10.2 Å². The average molecular weight is 295 g/mol. The minimum Gasteiger partial charge on any atom is -0.433 e. The average Bonchev–Trinajstić information content (AvgIpc) is 2.43. The fraction of sp³-hybridized carbons (Fsp3) is 0.0769. The van der Waals surface area contributed by atoms with E-state index in [9.17, 15) is 9.18 Å². The monoisotopic (exact) mass is 294 g/mol. The molecule has 0 saturated carbocycles. The Hall–Kier alpha value is -2.21. The van der Waals surface area contributed by atoms with Gasteiger partial charge < -0.3 is 10.5 Å². The van der Waals surface area contributed by atoms with Crippen molar-refractivity contribution in [1.82, 2.24) is 10.2 Å². The normalized spacial score (nSPS) is 10.3. The van der Waals surface area contributed by atoms with Crippen LogP contribution in [0, 0.1) is 12.2 Å². The van der Waals surface area contributed by atoms with Gasteiger partial charge in [0.2, 0.25) is 11.8 Å². The quantitative estimate of drug-likeness (QED) is 0.919. The van der Waals surface area contributed by atoms with Crippen LogP contribution < -0.4 is 10.5 Å². The lowest BCUT2D eigenvalue weighted by atomic mass is 10.1. The first-order valence-corrected chi connectivity index (χ1v) is 6.01. The van der Waals surface area contributed by atoms with Crippen LogP contribution >= 0.6 is 11.6 Å². The lowest BCUT2D eigenvalue weighted by Gasteiger charge is -2.10. The van der Waals surface area contributed by atoms with Gasteiger partial charge in [0.25, 0.3) is 0 Å². The molecule has 0 aliphatic carbocycles. The summed E-state index contributed by atoms with van der Waals surface area (Å²) in [5.41, 5.74) is 5.19. The van der Waals surface area contributed by atoms with Gasteiger partial charge in [0.05, 0.1) is 5.02 Å². The Bertz CT molecular complexity index is 623. The van der Waals surface area contributed by atoms with Crippen molar-refractivity contribution in [3.63, 3.8) is 0 Å². The number of primary amides is 1. The van der Waals surface area contributed by atoms with Crippen LogP contribution in [0.3, 0.4) is 0 Å². The molecule has 1 aromatic carbocycles. The van der Waals surface area contributed by atoms with Crippen molar-refractivity contribution in [2.45, 2.75) is 6.42 Å². The second kappa shape index (κ2) is 6.29. The van der Waals surface area contributed by atoms with Crippen LogP contribution in [-0.4, -0.2) is 16.1 Å². The molecule has 0 fully saturated rings. The highest BCUT2D eigenvalue weighted by atomic mass is 35.5. The Morgan fingerprint density at radius 1 is 1.45 bits per heavy atom. The molecule has 0 aliphatic rings. The van der Waals surface area contributed by atoms with E-state index in [0.29, 0.717) is 0 Å². The number of aromatic nitrogens is 2. The Balaban J connectivity index is 2.27. The summed E-state index contributed by atoms with van der Waals surface area (Å²) in [7, 11) is 0. The molecule has 1 heterocycles. The first kappa shape index (κ1) is 14.2. The standard InChI is InChI=1S/C13H10ClFN3O2/c14-9-5-3-8(4-6-10(16)19)12(15)13(9)20-11-2-1-7-17-18-11/h1-5,7H,6H2,(H2,16,19). The molecule has 2 N–H and O–H groups in total. The Kier molecular flexibility index (Phi) is 4.47. The Labute approximate surface area is 119 Å². The van der Waals surface area contributed by atoms with Crippen molar-refractivity contribution in [2.75, 3.05) is 0 Å². The maximum absolute atomic E-state index is 14.2. The third-order valence-electron chi connectivity index (χ3n) is 2.36. The van der Waals surface area contributed by atoms with Crippen LogP contribution in [-0.2, 0) is 4.79 Å². The minimum atomic E-state index is -0.690. The summed E-state index contributed by atoms with van der Waals surface area (Å²) in [6.07, 6.45) is 2.74. The molecule has 103 valence electrons. The van der Waals surface area contributed by atoms with Crippen molar-refractivity contribution < 1.29 is 13.9 Å². The first-order chi connectivity index (χ1) is 9.58. The molecule has 1 radical (unpaired) electrons. The zero-order chi connectivity index (χ0) is 14.5. The van der Waals surface area contributed by atoms with Gasteiger partial charge in [-0.15, -0.1) is 5.10 Å². The summed E-state index contributed by atoms with van der Waals surface area (Å²) in [6, 6.07) is 6.01. The predicted molar refractivity (Wildman–Crippen MR) is 70.7 cm³/mol. The number of nitrogens with two attached hydrogens (primary N) is 1. The zero-order valence-corrected chi connectivity index (χ0v) is 11.0. The van der Waals surface area contributed by atoms with Crippen molar-refractivity contribution in [3.05, 3.63) is 53.3 Å². The van der Waals surface area contributed by atoms with Gasteiger partial charge in [-0.25, -0.2) is 4.39 Å². The minimum absolute atomic E-state index is 0.0802. The number of rotatable bonds is 5. The van der Waals surface area contributed by atoms with Crippen LogP contribution in [0.15, 0.2) is 30.5 Å². The van der Waals surface area contributed by atoms with Gasteiger partial charge in [-0.2, -0.15) is 5.10 Å². The van der Waals surface area contributed by atoms with E-state index in [1.807, 2.05) is 0 Å². The van der Waals surface area contributed by atoms with Gasteiger partial charge in [0.1, 0.15) is 0 Å². The lowest BCUT2D eigenvalue weighted by Crippen LogP contribution is -2.10. The molecule has 0 atom stereocenters. The Morgan fingerprint density at radius 3 is 2.90 bits per heavy atom. The number of halogens is 2. The molecule has 0 saturated heterocycles. The van der Waals surface area contributed by atoms with Crippen LogP contribution in [0.5, 0.6) is 11.6 Å². The van der Waals surface area contributed by atoms with E-state index in [1.54, 1.807) is 6.07 Å². The smallest absolute Gasteiger partial charge is 0.239 e. The molecule has 2 aromatic rings. The van der Waals surface area contributed by atoms with E-state index < -0.39 is 11.7 Å². The lowest BCUT2D eigenvalue weighted by molar-refractivity contribution is -0.117. The highest BCUT2D eigenvalue weighted by Gasteiger charge is 2.16. The molecule has 0 bridgehead atoms. The third kappa shape index (κ3) is 3.42. The molecular weight excluding hydrogens is 285 g/mol. The summed E-state index contributed by atoms with van der Waals surface area (Å²) in [5, 5.41) is 7.38. The molecule has 1 aromatic heterocycles. The van der Waals surface area contributed by atoms with Crippen LogP contribution in [0.25, 0.3) is 0 Å². The maximum atomic E-state index is 14.2. The van der Waals surface area contributed by atoms with Crippen molar-refractivity contribution in [2.24, 2.45) is 5.73 Å². The number of hydrogen-bond donors (Lipinski definition) is 1. The molecule has 2 rings (SSSR count). The highest BCUT2D eigenvalue weighted by molar-refractivity contribution is 6.32.